The van der Waals surface area contributed by atoms with Gasteiger partial charge in [0.2, 0.25) is 0 Å². The van der Waals surface area contributed by atoms with Crippen LogP contribution in [0.15, 0.2) is 24.3 Å². The van der Waals surface area contributed by atoms with Gasteiger partial charge in [0.25, 0.3) is 0 Å². The zero-order valence-electron chi connectivity index (χ0n) is 8.89. The van der Waals surface area contributed by atoms with Gasteiger partial charge in [0, 0.05) is 12.6 Å². The second kappa shape index (κ2) is 3.62. The molecule has 1 aromatic rings. The van der Waals surface area contributed by atoms with Crippen molar-refractivity contribution >= 4 is 0 Å². The highest BCUT2D eigenvalue weighted by molar-refractivity contribution is 5.31. The second-order valence-electron chi connectivity index (χ2n) is 4.81. The molecule has 1 fully saturated rings. The van der Waals surface area contributed by atoms with Crippen LogP contribution in [0.3, 0.4) is 0 Å². The SMILES string of the molecule is ON1CCCC2Cc3ccccc3CC21. The van der Waals surface area contributed by atoms with Crippen LogP contribution in [-0.4, -0.2) is 22.9 Å². The van der Waals surface area contributed by atoms with Crippen LogP contribution in [0.1, 0.15) is 24.0 Å². The number of hydrogen-bond acceptors (Lipinski definition) is 2. The van der Waals surface area contributed by atoms with E-state index < -0.39 is 0 Å². The molecule has 1 heterocycles. The van der Waals surface area contributed by atoms with Crippen molar-refractivity contribution in [1.29, 1.82) is 0 Å². The zero-order valence-corrected chi connectivity index (χ0v) is 8.89. The Balaban J connectivity index is 1.92. The predicted molar refractivity (Wildman–Crippen MR) is 58.9 cm³/mol. The average molecular weight is 203 g/mol. The molecule has 1 aliphatic carbocycles. The first-order valence-electron chi connectivity index (χ1n) is 5.87. The standard InChI is InChI=1S/C13H17NO/c15-14-7-3-6-12-8-10-4-1-2-5-11(10)9-13(12)14/h1-2,4-5,12-13,15H,3,6-9H2. The lowest BCUT2D eigenvalue weighted by molar-refractivity contribution is -0.160. The summed E-state index contributed by atoms with van der Waals surface area (Å²) in [7, 11) is 0. The van der Waals surface area contributed by atoms with E-state index in [1.165, 1.54) is 17.5 Å². The molecule has 0 spiro atoms. The molecule has 1 N–H and O–H groups in total. The van der Waals surface area contributed by atoms with Gasteiger partial charge in [-0.2, -0.15) is 5.06 Å². The van der Waals surface area contributed by atoms with E-state index in [-0.39, 0.29) is 0 Å². The van der Waals surface area contributed by atoms with Gasteiger partial charge in [-0.1, -0.05) is 24.3 Å². The zero-order chi connectivity index (χ0) is 10.3. The molecular formula is C13H17NO. The van der Waals surface area contributed by atoms with Gasteiger partial charge in [0.05, 0.1) is 0 Å². The number of piperidine rings is 1. The van der Waals surface area contributed by atoms with Crippen LogP contribution in [0, 0.1) is 5.92 Å². The average Bonchev–Trinajstić information content (AvgIpc) is 2.27. The van der Waals surface area contributed by atoms with E-state index in [1.54, 1.807) is 5.06 Å². The van der Waals surface area contributed by atoms with Crippen LogP contribution in [0.2, 0.25) is 0 Å². The summed E-state index contributed by atoms with van der Waals surface area (Å²) in [6.07, 6.45) is 4.59. The lowest BCUT2D eigenvalue weighted by Crippen LogP contribution is -2.47. The van der Waals surface area contributed by atoms with E-state index >= 15 is 0 Å². The fourth-order valence-corrected chi connectivity index (χ4v) is 3.09. The van der Waals surface area contributed by atoms with Crippen molar-refractivity contribution in [2.75, 3.05) is 6.54 Å². The van der Waals surface area contributed by atoms with Crippen molar-refractivity contribution in [1.82, 2.24) is 5.06 Å². The molecular weight excluding hydrogens is 186 g/mol. The highest BCUT2D eigenvalue weighted by Crippen LogP contribution is 2.33. The number of benzene rings is 1. The van der Waals surface area contributed by atoms with E-state index in [0.29, 0.717) is 12.0 Å². The van der Waals surface area contributed by atoms with Gasteiger partial charge in [0.15, 0.2) is 0 Å². The minimum atomic E-state index is 0.369. The Labute approximate surface area is 90.5 Å². The summed E-state index contributed by atoms with van der Waals surface area (Å²) >= 11 is 0. The first-order chi connectivity index (χ1) is 7.34. The van der Waals surface area contributed by atoms with Crippen molar-refractivity contribution in [3.05, 3.63) is 35.4 Å². The minimum Gasteiger partial charge on any atom is -0.314 e. The van der Waals surface area contributed by atoms with Crippen molar-refractivity contribution in [3.63, 3.8) is 0 Å². The first kappa shape index (κ1) is 9.37. The molecule has 2 aliphatic rings. The Morgan fingerprint density at radius 1 is 1.13 bits per heavy atom. The van der Waals surface area contributed by atoms with Crippen molar-refractivity contribution in [3.8, 4) is 0 Å². The quantitative estimate of drug-likeness (QED) is 0.699. The van der Waals surface area contributed by atoms with Gasteiger partial charge in [-0.05, 0) is 42.7 Å². The Kier molecular flexibility index (Phi) is 2.26. The summed E-state index contributed by atoms with van der Waals surface area (Å²) in [6, 6.07) is 9.03. The second-order valence-corrected chi connectivity index (χ2v) is 4.81. The Bertz CT molecular complexity index is 363. The summed E-state index contributed by atoms with van der Waals surface area (Å²) in [5.41, 5.74) is 2.92. The van der Waals surface area contributed by atoms with E-state index in [2.05, 4.69) is 24.3 Å². The molecule has 1 saturated heterocycles. The third kappa shape index (κ3) is 1.58. The first-order valence-corrected chi connectivity index (χ1v) is 5.87. The van der Waals surface area contributed by atoms with Gasteiger partial charge in [-0.3, -0.25) is 0 Å². The number of rotatable bonds is 0. The molecule has 2 nitrogen and oxygen atoms in total. The van der Waals surface area contributed by atoms with Crippen LogP contribution in [0.5, 0.6) is 0 Å². The largest absolute Gasteiger partial charge is 0.314 e. The molecule has 1 aromatic carbocycles. The normalized spacial score (nSPS) is 30.7. The van der Waals surface area contributed by atoms with Crippen molar-refractivity contribution in [2.45, 2.75) is 31.7 Å². The summed E-state index contributed by atoms with van der Waals surface area (Å²) < 4.78 is 0. The lowest BCUT2D eigenvalue weighted by Gasteiger charge is -2.41. The molecule has 0 saturated carbocycles. The summed E-state index contributed by atoms with van der Waals surface area (Å²) in [5.74, 6) is 0.665. The number of hydroxylamine groups is 2. The molecule has 0 amide bonds. The topological polar surface area (TPSA) is 23.5 Å². The maximum atomic E-state index is 9.86. The molecule has 2 atom stereocenters. The fraction of sp³-hybridized carbons (Fsp3) is 0.538. The summed E-state index contributed by atoms with van der Waals surface area (Å²) in [5, 5.41) is 11.4. The van der Waals surface area contributed by atoms with Gasteiger partial charge in [-0.25, -0.2) is 0 Å². The monoisotopic (exact) mass is 203 g/mol. The Morgan fingerprint density at radius 3 is 2.67 bits per heavy atom. The molecule has 15 heavy (non-hydrogen) atoms. The highest BCUT2D eigenvalue weighted by atomic mass is 16.5. The molecule has 0 radical (unpaired) electrons. The van der Waals surface area contributed by atoms with E-state index in [9.17, 15) is 5.21 Å². The molecule has 1 aliphatic heterocycles. The van der Waals surface area contributed by atoms with Crippen LogP contribution < -0.4 is 0 Å². The number of fused-ring (bicyclic) bond motifs is 2. The fourth-order valence-electron chi connectivity index (χ4n) is 3.09. The maximum absolute atomic E-state index is 9.86. The van der Waals surface area contributed by atoms with Crippen LogP contribution in [0.25, 0.3) is 0 Å². The van der Waals surface area contributed by atoms with Crippen molar-refractivity contribution < 1.29 is 5.21 Å². The predicted octanol–water partition coefficient (Wildman–Crippen LogP) is 2.25. The summed E-state index contributed by atoms with van der Waals surface area (Å²) in [4.78, 5) is 0. The van der Waals surface area contributed by atoms with Crippen LogP contribution in [-0.2, 0) is 12.8 Å². The Hall–Kier alpha value is -0.860. The molecule has 3 rings (SSSR count). The van der Waals surface area contributed by atoms with Gasteiger partial charge >= 0.3 is 0 Å². The Morgan fingerprint density at radius 2 is 1.87 bits per heavy atom. The van der Waals surface area contributed by atoms with Gasteiger partial charge < -0.3 is 5.21 Å². The van der Waals surface area contributed by atoms with E-state index in [0.717, 1.165) is 25.8 Å². The van der Waals surface area contributed by atoms with Crippen LogP contribution in [0.4, 0.5) is 0 Å². The lowest BCUT2D eigenvalue weighted by atomic mass is 9.76. The minimum absolute atomic E-state index is 0.369. The highest BCUT2D eigenvalue weighted by Gasteiger charge is 2.34. The summed E-state index contributed by atoms with van der Waals surface area (Å²) in [6.45, 7) is 0.851. The smallest absolute Gasteiger partial charge is 0.0422 e. The van der Waals surface area contributed by atoms with E-state index in [1.807, 2.05) is 0 Å². The molecule has 0 bridgehead atoms. The molecule has 0 aromatic heterocycles. The molecule has 2 unspecified atom stereocenters. The third-order valence-corrected chi connectivity index (χ3v) is 3.92. The van der Waals surface area contributed by atoms with Crippen molar-refractivity contribution in [2.24, 2.45) is 5.92 Å². The molecule has 2 heteroatoms. The number of nitrogens with zero attached hydrogens (tertiary/aromatic N) is 1. The van der Waals surface area contributed by atoms with Gasteiger partial charge in [0.1, 0.15) is 0 Å². The van der Waals surface area contributed by atoms with Crippen LogP contribution >= 0.6 is 0 Å². The van der Waals surface area contributed by atoms with Gasteiger partial charge in [-0.15, -0.1) is 0 Å². The van der Waals surface area contributed by atoms with E-state index in [4.69, 9.17) is 0 Å². The number of hydrogen-bond donors (Lipinski definition) is 1. The third-order valence-electron chi connectivity index (χ3n) is 3.92. The molecule has 80 valence electrons. The maximum Gasteiger partial charge on any atom is 0.0422 e.